The van der Waals surface area contributed by atoms with Crippen LogP contribution in [0.4, 0.5) is 11.4 Å². The number of benzene rings is 2. The molecule has 1 amide bonds. The Labute approximate surface area is 129 Å². The fraction of sp³-hybridized carbons (Fsp3) is 0.235. The summed E-state index contributed by atoms with van der Waals surface area (Å²) in [6.07, 6.45) is 0. The number of carbonyl (C=O) groups is 1. The highest BCUT2D eigenvalue weighted by Gasteiger charge is 2.19. The first kappa shape index (κ1) is 15.7. The van der Waals surface area contributed by atoms with Gasteiger partial charge in [0.1, 0.15) is 0 Å². The highest BCUT2D eigenvalue weighted by atomic mass is 16.6. The van der Waals surface area contributed by atoms with Gasteiger partial charge in [0.15, 0.2) is 0 Å². The molecule has 0 aliphatic heterocycles. The van der Waals surface area contributed by atoms with Gasteiger partial charge in [-0.15, -0.1) is 0 Å². The summed E-state index contributed by atoms with van der Waals surface area (Å²) in [4.78, 5) is 24.7. The van der Waals surface area contributed by atoms with Gasteiger partial charge in [-0.05, 0) is 44.0 Å². The summed E-state index contributed by atoms with van der Waals surface area (Å²) in [6, 6.07) is 11.7. The second-order valence-corrected chi connectivity index (χ2v) is 5.15. The van der Waals surface area contributed by atoms with E-state index in [9.17, 15) is 14.9 Å². The molecule has 2 rings (SSSR count). The van der Waals surface area contributed by atoms with E-state index < -0.39 is 4.92 Å². The van der Waals surface area contributed by atoms with Crippen LogP contribution in [0.25, 0.3) is 0 Å². The standard InChI is InChI=1S/C17H18N2O3/c1-4-18(16-10-12(2)8-9-13(16)3)17(20)14-6-5-7-15(11-14)19(21)22/h5-11H,4H2,1-3H3. The van der Waals surface area contributed by atoms with Crippen LogP contribution in [-0.4, -0.2) is 17.4 Å². The third kappa shape index (κ3) is 3.14. The molecule has 5 heteroatoms. The Hall–Kier alpha value is -2.69. The van der Waals surface area contributed by atoms with E-state index >= 15 is 0 Å². The van der Waals surface area contributed by atoms with Gasteiger partial charge in [0.05, 0.1) is 4.92 Å². The average Bonchev–Trinajstić information content (AvgIpc) is 2.51. The lowest BCUT2D eigenvalue weighted by atomic mass is 10.1. The molecule has 0 bridgehead atoms. The summed E-state index contributed by atoms with van der Waals surface area (Å²) in [7, 11) is 0. The molecule has 2 aromatic rings. The number of rotatable bonds is 4. The molecule has 0 aromatic heterocycles. The molecule has 0 radical (unpaired) electrons. The van der Waals surface area contributed by atoms with Crippen molar-refractivity contribution in [3.63, 3.8) is 0 Å². The summed E-state index contributed by atoms with van der Waals surface area (Å²) < 4.78 is 0. The van der Waals surface area contributed by atoms with Gasteiger partial charge in [0, 0.05) is 29.9 Å². The van der Waals surface area contributed by atoms with E-state index in [-0.39, 0.29) is 11.6 Å². The van der Waals surface area contributed by atoms with Crippen LogP contribution in [0.2, 0.25) is 0 Å². The predicted octanol–water partition coefficient (Wildman–Crippen LogP) is 3.88. The molecule has 0 unspecified atom stereocenters. The lowest BCUT2D eigenvalue weighted by Crippen LogP contribution is -2.31. The van der Waals surface area contributed by atoms with Crippen LogP contribution in [0.15, 0.2) is 42.5 Å². The zero-order chi connectivity index (χ0) is 16.3. The van der Waals surface area contributed by atoms with Crippen LogP contribution >= 0.6 is 0 Å². The Morgan fingerprint density at radius 1 is 1.18 bits per heavy atom. The molecule has 0 aliphatic carbocycles. The fourth-order valence-electron chi connectivity index (χ4n) is 2.34. The highest BCUT2D eigenvalue weighted by molar-refractivity contribution is 6.06. The molecule has 0 atom stereocenters. The molecule has 0 spiro atoms. The van der Waals surface area contributed by atoms with Gasteiger partial charge in [-0.25, -0.2) is 0 Å². The number of amides is 1. The summed E-state index contributed by atoms with van der Waals surface area (Å²) in [5, 5.41) is 10.9. The van der Waals surface area contributed by atoms with E-state index in [0.717, 1.165) is 16.8 Å². The Kier molecular flexibility index (Phi) is 4.56. The van der Waals surface area contributed by atoms with Gasteiger partial charge in [0.2, 0.25) is 0 Å². The minimum atomic E-state index is -0.495. The molecule has 0 saturated heterocycles. The fourth-order valence-corrected chi connectivity index (χ4v) is 2.34. The first-order valence-electron chi connectivity index (χ1n) is 7.07. The topological polar surface area (TPSA) is 63.5 Å². The van der Waals surface area contributed by atoms with Crippen molar-refractivity contribution in [2.75, 3.05) is 11.4 Å². The van der Waals surface area contributed by atoms with Crippen LogP contribution in [0.5, 0.6) is 0 Å². The van der Waals surface area contributed by atoms with E-state index in [2.05, 4.69) is 0 Å². The SMILES string of the molecule is CCN(C(=O)c1cccc([N+](=O)[O-])c1)c1cc(C)ccc1C. The summed E-state index contributed by atoms with van der Waals surface area (Å²) in [6.45, 7) is 6.29. The maximum Gasteiger partial charge on any atom is 0.270 e. The van der Waals surface area contributed by atoms with Crippen molar-refractivity contribution < 1.29 is 9.72 Å². The van der Waals surface area contributed by atoms with Gasteiger partial charge in [-0.3, -0.25) is 14.9 Å². The molecule has 2 aromatic carbocycles. The number of nitrogens with zero attached hydrogens (tertiary/aromatic N) is 2. The minimum Gasteiger partial charge on any atom is -0.308 e. The Bertz CT molecular complexity index is 726. The first-order chi connectivity index (χ1) is 10.4. The molecule has 0 fully saturated rings. The summed E-state index contributed by atoms with van der Waals surface area (Å²) in [5.41, 5.74) is 3.12. The second kappa shape index (κ2) is 6.39. The number of nitro benzene ring substituents is 1. The molecular formula is C17H18N2O3. The Morgan fingerprint density at radius 2 is 1.91 bits per heavy atom. The molecule has 0 saturated carbocycles. The van der Waals surface area contributed by atoms with Gasteiger partial charge >= 0.3 is 0 Å². The molecular weight excluding hydrogens is 280 g/mol. The van der Waals surface area contributed by atoms with E-state index in [1.165, 1.54) is 18.2 Å². The molecule has 0 heterocycles. The van der Waals surface area contributed by atoms with Crippen molar-refractivity contribution in [2.24, 2.45) is 0 Å². The lowest BCUT2D eigenvalue weighted by Gasteiger charge is -2.23. The largest absolute Gasteiger partial charge is 0.308 e. The summed E-state index contributed by atoms with van der Waals surface area (Å²) in [5.74, 6) is -0.236. The third-order valence-corrected chi connectivity index (χ3v) is 3.52. The van der Waals surface area contributed by atoms with Gasteiger partial charge in [-0.2, -0.15) is 0 Å². The van der Waals surface area contributed by atoms with Crippen molar-refractivity contribution in [2.45, 2.75) is 20.8 Å². The summed E-state index contributed by atoms with van der Waals surface area (Å²) >= 11 is 0. The zero-order valence-corrected chi connectivity index (χ0v) is 12.9. The quantitative estimate of drug-likeness (QED) is 0.635. The number of carbonyl (C=O) groups excluding carboxylic acids is 1. The maximum absolute atomic E-state index is 12.7. The second-order valence-electron chi connectivity index (χ2n) is 5.15. The van der Waals surface area contributed by atoms with Crippen LogP contribution in [0.1, 0.15) is 28.4 Å². The number of hydrogen-bond acceptors (Lipinski definition) is 3. The lowest BCUT2D eigenvalue weighted by molar-refractivity contribution is -0.384. The smallest absolute Gasteiger partial charge is 0.270 e. The molecule has 0 N–H and O–H groups in total. The van der Waals surface area contributed by atoms with Gasteiger partial charge < -0.3 is 4.90 Å². The number of hydrogen-bond donors (Lipinski definition) is 0. The van der Waals surface area contributed by atoms with Crippen LogP contribution in [0.3, 0.4) is 0 Å². The predicted molar refractivity (Wildman–Crippen MR) is 86.4 cm³/mol. The van der Waals surface area contributed by atoms with Gasteiger partial charge in [0.25, 0.3) is 11.6 Å². The molecule has 5 nitrogen and oxygen atoms in total. The minimum absolute atomic E-state index is 0.0807. The molecule has 22 heavy (non-hydrogen) atoms. The Balaban J connectivity index is 2.43. The van der Waals surface area contributed by atoms with Crippen molar-refractivity contribution in [1.29, 1.82) is 0 Å². The van der Waals surface area contributed by atoms with E-state index in [1.54, 1.807) is 11.0 Å². The van der Waals surface area contributed by atoms with Gasteiger partial charge in [-0.1, -0.05) is 18.2 Å². The third-order valence-electron chi connectivity index (χ3n) is 3.52. The number of aryl methyl sites for hydroxylation is 2. The molecule has 0 aliphatic rings. The van der Waals surface area contributed by atoms with Crippen LogP contribution in [0, 0.1) is 24.0 Å². The normalized spacial score (nSPS) is 10.3. The zero-order valence-electron chi connectivity index (χ0n) is 12.9. The Morgan fingerprint density at radius 3 is 2.55 bits per heavy atom. The van der Waals surface area contributed by atoms with Crippen molar-refractivity contribution in [3.8, 4) is 0 Å². The van der Waals surface area contributed by atoms with E-state index in [0.29, 0.717) is 12.1 Å². The van der Waals surface area contributed by atoms with E-state index in [4.69, 9.17) is 0 Å². The van der Waals surface area contributed by atoms with Crippen LogP contribution < -0.4 is 4.90 Å². The van der Waals surface area contributed by atoms with Crippen molar-refractivity contribution in [3.05, 3.63) is 69.3 Å². The first-order valence-corrected chi connectivity index (χ1v) is 7.07. The monoisotopic (exact) mass is 298 g/mol. The number of anilines is 1. The number of nitro groups is 1. The average molecular weight is 298 g/mol. The number of non-ortho nitro benzene ring substituents is 1. The van der Waals surface area contributed by atoms with Crippen molar-refractivity contribution >= 4 is 17.3 Å². The maximum atomic E-state index is 12.7. The van der Waals surface area contributed by atoms with Crippen molar-refractivity contribution in [1.82, 2.24) is 0 Å². The highest BCUT2D eigenvalue weighted by Crippen LogP contribution is 2.24. The molecule has 114 valence electrons. The van der Waals surface area contributed by atoms with Crippen LogP contribution in [-0.2, 0) is 0 Å². The van der Waals surface area contributed by atoms with E-state index in [1.807, 2.05) is 39.0 Å².